The standard InChI is InChI=1S/C24H29NO3S/c1-15(2)28-24(27)21-19-13-12-18(16-8-4-3-5-9-16)14-20(19)29-23(21)25-22(26)17-10-6-7-11-17/h3-5,8-9,15,17-18H,6-7,10-14H2,1-2H3,(H,25,26)/t18-/m0/s1. The molecule has 2 aromatic rings. The molecule has 29 heavy (non-hydrogen) atoms. The van der Waals surface area contributed by atoms with Crippen LogP contribution in [-0.2, 0) is 22.4 Å². The Kier molecular flexibility index (Phi) is 6.04. The second kappa shape index (κ2) is 8.70. The molecular formula is C24H29NO3S. The summed E-state index contributed by atoms with van der Waals surface area (Å²) >= 11 is 1.57. The van der Waals surface area contributed by atoms with E-state index >= 15 is 0 Å². The number of esters is 1. The van der Waals surface area contributed by atoms with Crippen molar-refractivity contribution in [3.8, 4) is 0 Å². The summed E-state index contributed by atoms with van der Waals surface area (Å²) in [6.45, 7) is 3.72. The zero-order valence-electron chi connectivity index (χ0n) is 17.2. The molecule has 0 bridgehead atoms. The number of fused-ring (bicyclic) bond motifs is 1. The molecule has 1 N–H and O–H groups in total. The molecule has 0 aliphatic heterocycles. The van der Waals surface area contributed by atoms with E-state index in [-0.39, 0.29) is 23.9 Å². The number of hydrogen-bond acceptors (Lipinski definition) is 4. The number of carbonyl (C=O) groups excluding carboxylic acids is 2. The molecule has 1 aromatic carbocycles. The van der Waals surface area contributed by atoms with Crippen molar-refractivity contribution in [2.75, 3.05) is 5.32 Å². The molecule has 4 nitrogen and oxygen atoms in total. The first-order valence-electron chi connectivity index (χ1n) is 10.7. The number of thiophene rings is 1. The average molecular weight is 412 g/mol. The fourth-order valence-electron chi connectivity index (χ4n) is 4.57. The molecule has 1 amide bonds. The van der Waals surface area contributed by atoms with Crippen molar-refractivity contribution in [1.29, 1.82) is 0 Å². The first-order valence-corrected chi connectivity index (χ1v) is 11.6. The van der Waals surface area contributed by atoms with E-state index in [2.05, 4.69) is 29.6 Å². The molecule has 1 saturated carbocycles. The van der Waals surface area contributed by atoms with Crippen molar-refractivity contribution < 1.29 is 14.3 Å². The van der Waals surface area contributed by atoms with Gasteiger partial charge in [-0.15, -0.1) is 11.3 Å². The highest BCUT2D eigenvalue weighted by Gasteiger charge is 2.32. The van der Waals surface area contributed by atoms with Gasteiger partial charge >= 0.3 is 5.97 Å². The van der Waals surface area contributed by atoms with Gasteiger partial charge in [0.2, 0.25) is 5.91 Å². The maximum atomic E-state index is 12.9. The molecule has 154 valence electrons. The first kappa shape index (κ1) is 20.1. The number of rotatable bonds is 5. The monoisotopic (exact) mass is 411 g/mol. The molecule has 0 saturated heterocycles. The lowest BCUT2D eigenvalue weighted by molar-refractivity contribution is -0.119. The Bertz CT molecular complexity index is 881. The SMILES string of the molecule is CC(C)OC(=O)c1c(NC(=O)C2CCCC2)sc2c1CC[C@H](c1ccccc1)C2. The second-order valence-electron chi connectivity index (χ2n) is 8.48. The van der Waals surface area contributed by atoms with Gasteiger partial charge in [0.25, 0.3) is 0 Å². The summed E-state index contributed by atoms with van der Waals surface area (Å²) in [6.07, 6.45) is 6.68. The summed E-state index contributed by atoms with van der Waals surface area (Å²) in [5, 5.41) is 3.78. The lowest BCUT2D eigenvalue weighted by Crippen LogP contribution is -2.22. The second-order valence-corrected chi connectivity index (χ2v) is 9.59. The summed E-state index contributed by atoms with van der Waals surface area (Å²) in [6, 6.07) is 10.6. The van der Waals surface area contributed by atoms with Gasteiger partial charge in [-0.25, -0.2) is 4.79 Å². The predicted octanol–water partition coefficient (Wildman–Crippen LogP) is 5.71. The van der Waals surface area contributed by atoms with Crippen LogP contribution in [0.3, 0.4) is 0 Å². The predicted molar refractivity (Wildman–Crippen MR) is 117 cm³/mol. The summed E-state index contributed by atoms with van der Waals surface area (Å²) in [4.78, 5) is 26.9. The Morgan fingerprint density at radius 1 is 1.10 bits per heavy atom. The minimum atomic E-state index is -0.308. The molecule has 4 rings (SSSR count). The van der Waals surface area contributed by atoms with Crippen LogP contribution in [0.4, 0.5) is 5.00 Å². The van der Waals surface area contributed by atoms with Crippen LogP contribution in [-0.4, -0.2) is 18.0 Å². The molecule has 1 atom stereocenters. The number of ether oxygens (including phenoxy) is 1. The molecule has 0 unspecified atom stereocenters. The van der Waals surface area contributed by atoms with Crippen LogP contribution in [0.1, 0.15) is 78.2 Å². The van der Waals surface area contributed by atoms with Gasteiger partial charge in [0.1, 0.15) is 5.00 Å². The van der Waals surface area contributed by atoms with Gasteiger partial charge in [0.05, 0.1) is 11.7 Å². The van der Waals surface area contributed by atoms with Crippen molar-refractivity contribution in [2.45, 2.75) is 70.8 Å². The topological polar surface area (TPSA) is 55.4 Å². The van der Waals surface area contributed by atoms with Gasteiger partial charge in [0, 0.05) is 10.8 Å². The van der Waals surface area contributed by atoms with Crippen LogP contribution < -0.4 is 5.32 Å². The summed E-state index contributed by atoms with van der Waals surface area (Å²) in [5.41, 5.74) is 3.01. The minimum absolute atomic E-state index is 0.0549. The van der Waals surface area contributed by atoms with Gasteiger partial charge in [-0.05, 0) is 63.0 Å². The van der Waals surface area contributed by atoms with E-state index in [1.54, 1.807) is 11.3 Å². The molecule has 5 heteroatoms. The third-order valence-corrected chi connectivity index (χ3v) is 7.22. The maximum Gasteiger partial charge on any atom is 0.341 e. The van der Waals surface area contributed by atoms with E-state index < -0.39 is 0 Å². The number of amides is 1. The molecule has 2 aliphatic rings. The Labute approximate surface area is 176 Å². The molecule has 1 fully saturated rings. The van der Waals surface area contributed by atoms with E-state index in [1.165, 1.54) is 10.4 Å². The van der Waals surface area contributed by atoms with Crippen LogP contribution in [0.25, 0.3) is 0 Å². The number of anilines is 1. The number of benzene rings is 1. The summed E-state index contributed by atoms with van der Waals surface area (Å²) < 4.78 is 5.54. The lowest BCUT2D eigenvalue weighted by Gasteiger charge is -2.23. The summed E-state index contributed by atoms with van der Waals surface area (Å²) in [7, 11) is 0. The third kappa shape index (κ3) is 4.40. The Morgan fingerprint density at radius 2 is 1.83 bits per heavy atom. The van der Waals surface area contributed by atoms with Gasteiger partial charge in [-0.3, -0.25) is 4.79 Å². The average Bonchev–Trinajstić information content (AvgIpc) is 3.35. The molecule has 1 aromatic heterocycles. The van der Waals surface area contributed by atoms with Crippen LogP contribution >= 0.6 is 11.3 Å². The van der Waals surface area contributed by atoms with Crippen molar-refractivity contribution in [2.24, 2.45) is 5.92 Å². The van der Waals surface area contributed by atoms with Gasteiger partial charge in [-0.1, -0.05) is 43.2 Å². The van der Waals surface area contributed by atoms with E-state index in [0.717, 1.165) is 50.5 Å². The largest absolute Gasteiger partial charge is 0.459 e. The smallest absolute Gasteiger partial charge is 0.341 e. The maximum absolute atomic E-state index is 12.9. The lowest BCUT2D eigenvalue weighted by atomic mass is 9.83. The highest BCUT2D eigenvalue weighted by atomic mass is 32.1. The molecule has 2 aliphatic carbocycles. The zero-order valence-corrected chi connectivity index (χ0v) is 18.0. The van der Waals surface area contributed by atoms with E-state index in [0.29, 0.717) is 16.5 Å². The zero-order chi connectivity index (χ0) is 20.4. The van der Waals surface area contributed by atoms with Crippen molar-refractivity contribution in [3.63, 3.8) is 0 Å². The quantitative estimate of drug-likeness (QED) is 0.641. The van der Waals surface area contributed by atoms with Crippen LogP contribution in [0.5, 0.6) is 0 Å². The van der Waals surface area contributed by atoms with Crippen molar-refractivity contribution in [1.82, 2.24) is 0 Å². The Morgan fingerprint density at radius 3 is 2.52 bits per heavy atom. The Balaban J connectivity index is 1.63. The molecular weight excluding hydrogens is 382 g/mol. The fourth-order valence-corrected chi connectivity index (χ4v) is 5.89. The fraction of sp³-hybridized carbons (Fsp3) is 0.500. The normalized spacial score (nSPS) is 19.2. The van der Waals surface area contributed by atoms with E-state index in [4.69, 9.17) is 4.74 Å². The third-order valence-electron chi connectivity index (χ3n) is 6.05. The van der Waals surface area contributed by atoms with Gasteiger partial charge in [-0.2, -0.15) is 0 Å². The number of carbonyl (C=O) groups is 2. The van der Waals surface area contributed by atoms with Crippen LogP contribution in [0.2, 0.25) is 0 Å². The van der Waals surface area contributed by atoms with E-state index in [9.17, 15) is 9.59 Å². The van der Waals surface area contributed by atoms with Crippen molar-refractivity contribution in [3.05, 3.63) is 51.9 Å². The van der Waals surface area contributed by atoms with Crippen molar-refractivity contribution >= 4 is 28.2 Å². The first-order chi connectivity index (χ1) is 14.0. The summed E-state index contributed by atoms with van der Waals surface area (Å²) in [5.74, 6) is 0.270. The molecule has 0 radical (unpaired) electrons. The molecule has 0 spiro atoms. The van der Waals surface area contributed by atoms with Gasteiger partial charge < -0.3 is 10.1 Å². The number of nitrogens with one attached hydrogen (secondary N) is 1. The van der Waals surface area contributed by atoms with Crippen LogP contribution in [0.15, 0.2) is 30.3 Å². The highest BCUT2D eigenvalue weighted by Crippen LogP contribution is 2.43. The number of hydrogen-bond donors (Lipinski definition) is 1. The minimum Gasteiger partial charge on any atom is -0.459 e. The highest BCUT2D eigenvalue weighted by molar-refractivity contribution is 7.17. The van der Waals surface area contributed by atoms with Gasteiger partial charge in [0.15, 0.2) is 0 Å². The molecule has 1 heterocycles. The van der Waals surface area contributed by atoms with Crippen LogP contribution in [0, 0.1) is 5.92 Å². The Hall–Kier alpha value is -2.14. The van der Waals surface area contributed by atoms with E-state index in [1.807, 2.05) is 19.9 Å².